The van der Waals surface area contributed by atoms with E-state index in [2.05, 4.69) is 28.6 Å². The van der Waals surface area contributed by atoms with Crippen LogP contribution in [0.5, 0.6) is 0 Å². The molecule has 0 radical (unpaired) electrons. The Labute approximate surface area is 129 Å². The van der Waals surface area contributed by atoms with Crippen molar-refractivity contribution in [3.05, 3.63) is 22.4 Å². The molecule has 3 rings (SSSR count). The van der Waals surface area contributed by atoms with E-state index in [0.29, 0.717) is 0 Å². The number of nitrogens with one attached hydrogen (secondary N) is 1. The molecule has 21 heavy (non-hydrogen) atoms. The summed E-state index contributed by atoms with van der Waals surface area (Å²) in [6, 6.07) is 4.23. The minimum atomic E-state index is -0.107. The van der Waals surface area contributed by atoms with Crippen molar-refractivity contribution in [2.75, 3.05) is 32.8 Å². The van der Waals surface area contributed by atoms with E-state index >= 15 is 0 Å². The van der Waals surface area contributed by atoms with Crippen LogP contribution in [-0.4, -0.2) is 60.6 Å². The molecular formula is C15H23N3O2S. The van der Waals surface area contributed by atoms with E-state index in [1.807, 2.05) is 17.9 Å². The molecule has 3 heterocycles. The molecule has 0 spiro atoms. The molecule has 0 aliphatic carbocycles. The Balaban J connectivity index is 1.72. The zero-order valence-electron chi connectivity index (χ0n) is 12.6. The summed E-state index contributed by atoms with van der Waals surface area (Å²) < 4.78 is 5.39. The van der Waals surface area contributed by atoms with E-state index in [9.17, 15) is 4.79 Å². The van der Waals surface area contributed by atoms with Gasteiger partial charge in [-0.1, -0.05) is 6.07 Å². The van der Waals surface area contributed by atoms with E-state index in [-0.39, 0.29) is 24.2 Å². The number of carbonyl (C=O) groups excluding carboxylic acids is 1. The van der Waals surface area contributed by atoms with Gasteiger partial charge in [0.25, 0.3) is 0 Å². The number of hydrogen-bond donors (Lipinski definition) is 1. The summed E-state index contributed by atoms with van der Waals surface area (Å²) in [6.45, 7) is 8.51. The third-order valence-corrected chi connectivity index (χ3v) is 5.15. The van der Waals surface area contributed by atoms with E-state index in [4.69, 9.17) is 4.74 Å². The number of ether oxygens (including phenoxy) is 1. The second kappa shape index (κ2) is 6.44. The highest BCUT2D eigenvalue weighted by Gasteiger charge is 2.40. The Bertz CT molecular complexity index is 473. The fourth-order valence-corrected chi connectivity index (χ4v) is 3.90. The van der Waals surface area contributed by atoms with Gasteiger partial charge in [-0.2, -0.15) is 0 Å². The largest absolute Gasteiger partial charge is 0.379 e. The summed E-state index contributed by atoms with van der Waals surface area (Å²) in [5.74, 6) is 0.203. The van der Waals surface area contributed by atoms with Gasteiger partial charge in [0.15, 0.2) is 0 Å². The van der Waals surface area contributed by atoms with Crippen LogP contribution in [0, 0.1) is 0 Å². The van der Waals surface area contributed by atoms with E-state index in [0.717, 1.165) is 32.8 Å². The van der Waals surface area contributed by atoms with Crippen LogP contribution < -0.4 is 5.32 Å². The summed E-state index contributed by atoms with van der Waals surface area (Å²) in [7, 11) is 0. The molecule has 2 saturated heterocycles. The number of thiophene rings is 1. The first kappa shape index (κ1) is 15.0. The van der Waals surface area contributed by atoms with Gasteiger partial charge in [-0.05, 0) is 25.3 Å². The Hall–Kier alpha value is -0.950. The van der Waals surface area contributed by atoms with Gasteiger partial charge in [0.2, 0.25) is 5.91 Å². The number of morpholine rings is 1. The SMILES string of the molecule is CC1NC(c2cccs2)N(C(C)CN2CCOCC2)C1=O. The zero-order valence-corrected chi connectivity index (χ0v) is 13.4. The first-order chi connectivity index (χ1) is 10.2. The fourth-order valence-electron chi connectivity index (χ4n) is 3.12. The Morgan fingerprint density at radius 3 is 2.90 bits per heavy atom. The molecule has 1 N–H and O–H groups in total. The molecule has 3 unspecified atom stereocenters. The molecule has 5 nitrogen and oxygen atoms in total. The monoisotopic (exact) mass is 309 g/mol. The Morgan fingerprint density at radius 2 is 2.24 bits per heavy atom. The van der Waals surface area contributed by atoms with Gasteiger partial charge in [0.05, 0.1) is 19.3 Å². The lowest BCUT2D eigenvalue weighted by Gasteiger charge is -2.35. The van der Waals surface area contributed by atoms with Crippen LogP contribution in [0.25, 0.3) is 0 Å². The molecule has 1 aromatic rings. The van der Waals surface area contributed by atoms with Gasteiger partial charge in [-0.3, -0.25) is 15.0 Å². The molecule has 2 aliphatic rings. The average Bonchev–Trinajstić information content (AvgIpc) is 3.09. The minimum absolute atomic E-state index is 0.0172. The lowest BCUT2D eigenvalue weighted by Crippen LogP contribution is -2.48. The molecule has 2 fully saturated rings. The summed E-state index contributed by atoms with van der Waals surface area (Å²) in [5, 5.41) is 5.48. The van der Waals surface area contributed by atoms with Gasteiger partial charge >= 0.3 is 0 Å². The first-order valence-electron chi connectivity index (χ1n) is 7.58. The van der Waals surface area contributed by atoms with Crippen molar-refractivity contribution < 1.29 is 9.53 Å². The quantitative estimate of drug-likeness (QED) is 0.910. The molecule has 0 bridgehead atoms. The van der Waals surface area contributed by atoms with Gasteiger partial charge in [0.1, 0.15) is 6.17 Å². The van der Waals surface area contributed by atoms with Crippen molar-refractivity contribution in [3.63, 3.8) is 0 Å². The van der Waals surface area contributed by atoms with Crippen molar-refractivity contribution in [2.45, 2.75) is 32.1 Å². The van der Waals surface area contributed by atoms with Gasteiger partial charge in [-0.15, -0.1) is 11.3 Å². The maximum Gasteiger partial charge on any atom is 0.241 e. The van der Waals surface area contributed by atoms with Crippen molar-refractivity contribution in [3.8, 4) is 0 Å². The molecular weight excluding hydrogens is 286 g/mol. The van der Waals surface area contributed by atoms with Crippen LogP contribution in [0.4, 0.5) is 0 Å². The minimum Gasteiger partial charge on any atom is -0.379 e. The van der Waals surface area contributed by atoms with E-state index in [1.165, 1.54) is 4.88 Å². The highest BCUT2D eigenvalue weighted by atomic mass is 32.1. The fraction of sp³-hybridized carbons (Fsp3) is 0.667. The van der Waals surface area contributed by atoms with Crippen LogP contribution in [0.2, 0.25) is 0 Å². The van der Waals surface area contributed by atoms with Crippen molar-refractivity contribution in [1.29, 1.82) is 0 Å². The summed E-state index contributed by atoms with van der Waals surface area (Å²) >= 11 is 1.70. The van der Waals surface area contributed by atoms with Crippen molar-refractivity contribution in [1.82, 2.24) is 15.1 Å². The standard InChI is InChI=1S/C15H23N3O2S/c1-11(10-17-5-7-20-8-6-17)18-14(13-4-3-9-21-13)16-12(2)15(18)19/h3-4,9,11-12,14,16H,5-8,10H2,1-2H3. The zero-order chi connectivity index (χ0) is 14.8. The number of rotatable bonds is 4. The lowest BCUT2D eigenvalue weighted by atomic mass is 10.2. The molecule has 0 aromatic carbocycles. The van der Waals surface area contributed by atoms with E-state index < -0.39 is 0 Å². The Kier molecular flexibility index (Phi) is 4.59. The summed E-state index contributed by atoms with van der Waals surface area (Å²) in [4.78, 5) is 18.1. The normalized spacial score (nSPS) is 29.0. The number of nitrogens with zero attached hydrogens (tertiary/aromatic N) is 2. The number of carbonyl (C=O) groups is 1. The average molecular weight is 309 g/mol. The number of hydrogen-bond acceptors (Lipinski definition) is 5. The van der Waals surface area contributed by atoms with Crippen LogP contribution >= 0.6 is 11.3 Å². The Morgan fingerprint density at radius 1 is 1.48 bits per heavy atom. The maximum absolute atomic E-state index is 12.5. The van der Waals surface area contributed by atoms with E-state index in [1.54, 1.807) is 11.3 Å². The molecule has 1 amide bonds. The molecule has 6 heteroatoms. The van der Waals surface area contributed by atoms with Gasteiger partial charge < -0.3 is 9.64 Å². The molecule has 1 aromatic heterocycles. The summed E-state index contributed by atoms with van der Waals surface area (Å²) in [5.41, 5.74) is 0. The summed E-state index contributed by atoms with van der Waals surface area (Å²) in [6.07, 6.45) is 0.0172. The second-order valence-electron chi connectivity index (χ2n) is 5.81. The molecule has 116 valence electrons. The highest BCUT2D eigenvalue weighted by Crippen LogP contribution is 2.30. The van der Waals surface area contributed by atoms with Crippen LogP contribution in [0.3, 0.4) is 0 Å². The lowest BCUT2D eigenvalue weighted by molar-refractivity contribution is -0.132. The first-order valence-corrected chi connectivity index (χ1v) is 8.46. The van der Waals surface area contributed by atoms with Crippen LogP contribution in [0.1, 0.15) is 24.9 Å². The van der Waals surface area contributed by atoms with Gasteiger partial charge in [0, 0.05) is 30.6 Å². The third-order valence-electron chi connectivity index (χ3n) is 4.22. The van der Waals surface area contributed by atoms with Gasteiger partial charge in [-0.25, -0.2) is 0 Å². The van der Waals surface area contributed by atoms with Crippen LogP contribution in [-0.2, 0) is 9.53 Å². The predicted octanol–water partition coefficient (Wildman–Crippen LogP) is 1.29. The number of amides is 1. The smallest absolute Gasteiger partial charge is 0.241 e. The second-order valence-corrected chi connectivity index (χ2v) is 6.79. The third kappa shape index (κ3) is 3.13. The molecule has 0 saturated carbocycles. The molecule has 2 aliphatic heterocycles. The topological polar surface area (TPSA) is 44.8 Å². The van der Waals surface area contributed by atoms with Crippen LogP contribution in [0.15, 0.2) is 17.5 Å². The maximum atomic E-state index is 12.5. The highest BCUT2D eigenvalue weighted by molar-refractivity contribution is 7.10. The van der Waals surface area contributed by atoms with Crippen molar-refractivity contribution >= 4 is 17.2 Å². The predicted molar refractivity (Wildman–Crippen MR) is 83.2 cm³/mol. The molecule has 3 atom stereocenters. The van der Waals surface area contributed by atoms with Crippen molar-refractivity contribution in [2.24, 2.45) is 0 Å².